The maximum absolute atomic E-state index is 12.0. The number of hydrogen-bond donors (Lipinski definition) is 3. The molecule has 0 atom stereocenters. The summed E-state index contributed by atoms with van der Waals surface area (Å²) in [4.78, 5) is 22.8. The van der Waals surface area contributed by atoms with Gasteiger partial charge in [0.1, 0.15) is 6.61 Å². The Hall–Kier alpha value is -2.36. The number of carbonyl (C=O) groups excluding carboxylic acids is 2. The van der Waals surface area contributed by atoms with E-state index in [1.54, 1.807) is 12.1 Å². The molecule has 0 saturated heterocycles. The second-order valence-corrected chi connectivity index (χ2v) is 5.57. The van der Waals surface area contributed by atoms with Gasteiger partial charge in [0.25, 0.3) is 5.91 Å². The van der Waals surface area contributed by atoms with Gasteiger partial charge in [-0.2, -0.15) is 0 Å². The molecule has 1 aromatic carbocycles. The molecule has 0 fully saturated rings. The summed E-state index contributed by atoms with van der Waals surface area (Å²) in [6, 6.07) is 5.32. The largest absolute Gasteiger partial charge is 0.447 e. The van der Waals surface area contributed by atoms with E-state index in [0.29, 0.717) is 57.4 Å². The van der Waals surface area contributed by atoms with Gasteiger partial charge >= 0.3 is 6.09 Å². The van der Waals surface area contributed by atoms with Crippen LogP contribution in [0.3, 0.4) is 0 Å². The van der Waals surface area contributed by atoms with Gasteiger partial charge in [0, 0.05) is 19.3 Å². The first-order valence-corrected chi connectivity index (χ1v) is 8.76. The molecule has 0 saturated carbocycles. The zero-order valence-corrected chi connectivity index (χ0v) is 15.9. The summed E-state index contributed by atoms with van der Waals surface area (Å²) < 4.78 is 20.7. The lowest BCUT2D eigenvalue weighted by atomic mass is 10.1. The van der Waals surface area contributed by atoms with Crippen LogP contribution in [0.1, 0.15) is 15.9 Å². The fourth-order valence-electron chi connectivity index (χ4n) is 2.03. The van der Waals surface area contributed by atoms with Gasteiger partial charge in [0.05, 0.1) is 45.2 Å². The second-order valence-electron chi connectivity index (χ2n) is 5.57. The van der Waals surface area contributed by atoms with Crippen molar-refractivity contribution in [1.29, 1.82) is 0 Å². The Labute approximate surface area is 159 Å². The van der Waals surface area contributed by atoms with Crippen molar-refractivity contribution in [2.45, 2.75) is 6.92 Å². The van der Waals surface area contributed by atoms with E-state index < -0.39 is 6.09 Å². The van der Waals surface area contributed by atoms with Gasteiger partial charge in [-0.3, -0.25) is 4.79 Å². The fourth-order valence-corrected chi connectivity index (χ4v) is 2.03. The molecule has 0 radical (unpaired) electrons. The predicted molar refractivity (Wildman–Crippen MR) is 101 cm³/mol. The highest BCUT2D eigenvalue weighted by atomic mass is 16.6. The lowest BCUT2D eigenvalue weighted by Gasteiger charge is -2.09. The van der Waals surface area contributed by atoms with Crippen LogP contribution in [0.5, 0.6) is 0 Å². The number of nitrogens with one attached hydrogen (secondary N) is 2. The number of anilines is 1. The average Bonchev–Trinajstić information content (AvgIpc) is 2.64. The summed E-state index contributed by atoms with van der Waals surface area (Å²) in [6.07, 6.45) is -0.481. The minimum Gasteiger partial charge on any atom is -0.447 e. The van der Waals surface area contributed by atoms with E-state index in [1.807, 2.05) is 13.0 Å². The molecule has 152 valence electrons. The molecule has 0 aliphatic carbocycles. The SMILES string of the molecule is CNC(=O)OCCOCCOCCOCCNC(=O)c1ccc(C)cc1N. The summed E-state index contributed by atoms with van der Waals surface area (Å²) in [7, 11) is 1.49. The van der Waals surface area contributed by atoms with Gasteiger partial charge in [0.15, 0.2) is 0 Å². The molecule has 0 aromatic heterocycles. The van der Waals surface area contributed by atoms with E-state index >= 15 is 0 Å². The molecule has 0 spiro atoms. The van der Waals surface area contributed by atoms with Crippen LogP contribution in [0, 0.1) is 6.92 Å². The number of alkyl carbamates (subject to hydrolysis) is 1. The number of ether oxygens (including phenoxy) is 4. The maximum Gasteiger partial charge on any atom is 0.406 e. The summed E-state index contributed by atoms with van der Waals surface area (Å²) in [6.45, 7) is 4.88. The van der Waals surface area contributed by atoms with E-state index in [2.05, 4.69) is 10.6 Å². The van der Waals surface area contributed by atoms with Crippen LogP contribution in [0.25, 0.3) is 0 Å². The first kappa shape index (κ1) is 22.7. The van der Waals surface area contributed by atoms with Crippen molar-refractivity contribution in [3.05, 3.63) is 29.3 Å². The van der Waals surface area contributed by atoms with Gasteiger partial charge in [-0.05, 0) is 24.6 Å². The van der Waals surface area contributed by atoms with Crippen LogP contribution >= 0.6 is 0 Å². The lowest BCUT2D eigenvalue weighted by Crippen LogP contribution is -2.28. The van der Waals surface area contributed by atoms with E-state index in [0.717, 1.165) is 5.56 Å². The van der Waals surface area contributed by atoms with Crippen LogP contribution in [0.2, 0.25) is 0 Å². The van der Waals surface area contributed by atoms with Crippen molar-refractivity contribution in [1.82, 2.24) is 10.6 Å². The summed E-state index contributed by atoms with van der Waals surface area (Å²) in [5.41, 5.74) is 7.77. The minimum absolute atomic E-state index is 0.197. The van der Waals surface area contributed by atoms with E-state index in [4.69, 9.17) is 24.7 Å². The lowest BCUT2D eigenvalue weighted by molar-refractivity contribution is 0.00631. The van der Waals surface area contributed by atoms with Gasteiger partial charge < -0.3 is 35.3 Å². The third-order valence-corrected chi connectivity index (χ3v) is 3.39. The van der Waals surface area contributed by atoms with Crippen LogP contribution in [-0.4, -0.2) is 71.8 Å². The molecular formula is C18H29N3O6. The Morgan fingerprint density at radius 2 is 1.56 bits per heavy atom. The number of nitrogen functional groups attached to an aromatic ring is 1. The number of rotatable bonds is 13. The summed E-state index contributed by atoms with van der Waals surface area (Å²) >= 11 is 0. The number of carbonyl (C=O) groups is 2. The van der Waals surface area contributed by atoms with Crippen molar-refractivity contribution < 1.29 is 28.5 Å². The molecule has 0 aliphatic rings. The van der Waals surface area contributed by atoms with Crippen molar-refractivity contribution in [2.75, 3.05) is 65.6 Å². The molecule has 2 amide bonds. The highest BCUT2D eigenvalue weighted by molar-refractivity contribution is 5.99. The quantitative estimate of drug-likeness (QED) is 0.339. The third-order valence-electron chi connectivity index (χ3n) is 3.39. The molecule has 0 unspecified atom stereocenters. The van der Waals surface area contributed by atoms with Gasteiger partial charge in [-0.1, -0.05) is 6.07 Å². The highest BCUT2D eigenvalue weighted by Crippen LogP contribution is 2.13. The van der Waals surface area contributed by atoms with Crippen molar-refractivity contribution >= 4 is 17.7 Å². The second kappa shape index (κ2) is 13.8. The first-order valence-electron chi connectivity index (χ1n) is 8.76. The van der Waals surface area contributed by atoms with Crippen molar-refractivity contribution in [3.8, 4) is 0 Å². The Kier molecular flexibility index (Phi) is 11.6. The number of amides is 2. The molecule has 9 heteroatoms. The minimum atomic E-state index is -0.481. The molecule has 0 aliphatic heterocycles. The highest BCUT2D eigenvalue weighted by Gasteiger charge is 2.08. The molecule has 1 rings (SSSR count). The normalized spacial score (nSPS) is 10.4. The maximum atomic E-state index is 12.0. The van der Waals surface area contributed by atoms with Crippen molar-refractivity contribution in [2.24, 2.45) is 0 Å². The number of aryl methyl sites for hydroxylation is 1. The Bertz CT molecular complexity index is 582. The first-order chi connectivity index (χ1) is 13.0. The Balaban J connectivity index is 1.92. The van der Waals surface area contributed by atoms with Gasteiger partial charge in [0.2, 0.25) is 0 Å². The smallest absolute Gasteiger partial charge is 0.406 e. The molecule has 1 aromatic rings. The number of hydrogen-bond acceptors (Lipinski definition) is 7. The summed E-state index contributed by atoms with van der Waals surface area (Å²) in [5.74, 6) is -0.218. The molecular weight excluding hydrogens is 354 g/mol. The monoisotopic (exact) mass is 383 g/mol. The van der Waals surface area contributed by atoms with Crippen LogP contribution in [0.4, 0.5) is 10.5 Å². The summed E-state index contributed by atoms with van der Waals surface area (Å²) in [5, 5.41) is 5.10. The standard InChI is InChI=1S/C18H29N3O6/c1-14-3-4-15(16(19)13-14)17(22)21-5-6-24-7-8-25-9-10-26-11-12-27-18(23)20-2/h3-4,13H,5-12,19H2,1-2H3,(H,20,23)(H,21,22). The molecule has 4 N–H and O–H groups in total. The average molecular weight is 383 g/mol. The zero-order valence-electron chi connectivity index (χ0n) is 15.9. The zero-order chi connectivity index (χ0) is 19.9. The van der Waals surface area contributed by atoms with Crippen LogP contribution in [-0.2, 0) is 18.9 Å². The van der Waals surface area contributed by atoms with E-state index in [1.165, 1.54) is 7.05 Å². The van der Waals surface area contributed by atoms with Gasteiger partial charge in [-0.25, -0.2) is 4.79 Å². The van der Waals surface area contributed by atoms with Gasteiger partial charge in [-0.15, -0.1) is 0 Å². The fraction of sp³-hybridized carbons (Fsp3) is 0.556. The topological polar surface area (TPSA) is 121 Å². The van der Waals surface area contributed by atoms with Crippen LogP contribution in [0.15, 0.2) is 18.2 Å². The number of benzene rings is 1. The molecule has 0 bridgehead atoms. The van der Waals surface area contributed by atoms with E-state index in [-0.39, 0.29) is 12.5 Å². The Morgan fingerprint density at radius 1 is 0.963 bits per heavy atom. The van der Waals surface area contributed by atoms with Crippen molar-refractivity contribution in [3.63, 3.8) is 0 Å². The molecule has 0 heterocycles. The number of nitrogens with two attached hydrogens (primary N) is 1. The predicted octanol–water partition coefficient (Wildman–Crippen LogP) is 0.713. The third kappa shape index (κ3) is 10.4. The van der Waals surface area contributed by atoms with Crippen LogP contribution < -0.4 is 16.4 Å². The molecule has 9 nitrogen and oxygen atoms in total. The molecule has 27 heavy (non-hydrogen) atoms. The van der Waals surface area contributed by atoms with E-state index in [9.17, 15) is 9.59 Å². The Morgan fingerprint density at radius 3 is 2.15 bits per heavy atom.